The summed E-state index contributed by atoms with van der Waals surface area (Å²) >= 11 is 3.85. The van der Waals surface area contributed by atoms with E-state index in [0.29, 0.717) is 11.2 Å². The third-order valence-electron chi connectivity index (χ3n) is 1.64. The van der Waals surface area contributed by atoms with Gasteiger partial charge in [0.15, 0.2) is 0 Å². The van der Waals surface area contributed by atoms with Crippen LogP contribution in [0.2, 0.25) is 0 Å². The van der Waals surface area contributed by atoms with Gasteiger partial charge in [-0.1, -0.05) is 18.9 Å². The van der Waals surface area contributed by atoms with E-state index < -0.39 is 7.12 Å². The first kappa shape index (κ1) is 10.2. The summed E-state index contributed by atoms with van der Waals surface area (Å²) in [4.78, 5) is 0. The molecule has 1 rings (SSSR count). The highest BCUT2D eigenvalue weighted by molar-refractivity contribution is 7.81. The van der Waals surface area contributed by atoms with Gasteiger partial charge in [0.25, 0.3) is 0 Å². The van der Waals surface area contributed by atoms with Crippen LogP contribution in [0.1, 0.15) is 0 Å². The zero-order chi connectivity index (χ0) is 9.84. The van der Waals surface area contributed by atoms with Crippen molar-refractivity contribution in [3.05, 3.63) is 18.2 Å². The van der Waals surface area contributed by atoms with Gasteiger partial charge in [-0.25, -0.2) is 0 Å². The Morgan fingerprint density at radius 2 is 2.15 bits per heavy atom. The van der Waals surface area contributed by atoms with Crippen molar-refractivity contribution in [3.63, 3.8) is 0 Å². The van der Waals surface area contributed by atoms with E-state index in [4.69, 9.17) is 14.8 Å². The van der Waals surface area contributed by atoms with Gasteiger partial charge in [-0.2, -0.15) is 0 Å². The highest BCUT2D eigenvalue weighted by Crippen LogP contribution is 2.15. The van der Waals surface area contributed by atoms with E-state index in [1.807, 2.05) is 0 Å². The SMILES string of the molecule is COc1cc(NS)ccc1B(O)O. The maximum atomic E-state index is 8.94. The predicted molar refractivity (Wildman–Crippen MR) is 55.4 cm³/mol. The van der Waals surface area contributed by atoms with Crippen molar-refractivity contribution in [1.82, 2.24) is 0 Å². The molecule has 0 radical (unpaired) electrons. The molecule has 3 N–H and O–H groups in total. The molecular weight excluding hydrogens is 189 g/mol. The first-order chi connectivity index (χ1) is 6.19. The van der Waals surface area contributed by atoms with Crippen molar-refractivity contribution in [2.45, 2.75) is 0 Å². The summed E-state index contributed by atoms with van der Waals surface area (Å²) in [5, 5.41) is 17.9. The Morgan fingerprint density at radius 1 is 1.46 bits per heavy atom. The standard InChI is InChI=1S/C7H10BNO3S/c1-12-7-4-5(9-13)2-3-6(7)8(10)11/h2-4,9-11,13H,1H3. The molecule has 0 aromatic heterocycles. The summed E-state index contributed by atoms with van der Waals surface area (Å²) in [5.41, 5.74) is 1.06. The summed E-state index contributed by atoms with van der Waals surface area (Å²) in [7, 11) is -0.0623. The van der Waals surface area contributed by atoms with Crippen molar-refractivity contribution in [3.8, 4) is 5.75 Å². The molecule has 0 saturated heterocycles. The number of anilines is 1. The molecule has 0 unspecified atom stereocenters. The Bertz CT molecular complexity index is 295. The monoisotopic (exact) mass is 199 g/mol. The number of thiol groups is 1. The number of hydrogen-bond acceptors (Lipinski definition) is 5. The third kappa shape index (κ3) is 2.30. The molecule has 1 aromatic carbocycles. The van der Waals surface area contributed by atoms with E-state index in [-0.39, 0.29) is 0 Å². The molecule has 0 heterocycles. The third-order valence-corrected chi connectivity index (χ3v) is 1.90. The Balaban J connectivity index is 3.08. The molecule has 13 heavy (non-hydrogen) atoms. The molecule has 6 heteroatoms. The van der Waals surface area contributed by atoms with Crippen molar-refractivity contribution in [2.75, 3.05) is 11.8 Å². The van der Waals surface area contributed by atoms with E-state index in [9.17, 15) is 0 Å². The minimum atomic E-state index is -1.52. The number of nitrogens with one attached hydrogen (secondary N) is 1. The maximum Gasteiger partial charge on any atom is 0.492 e. The minimum Gasteiger partial charge on any atom is -0.497 e. The van der Waals surface area contributed by atoms with Crippen LogP contribution < -0.4 is 14.9 Å². The topological polar surface area (TPSA) is 61.7 Å². The van der Waals surface area contributed by atoms with Gasteiger partial charge in [-0.15, -0.1) is 0 Å². The first-order valence-corrected chi connectivity index (χ1v) is 4.08. The van der Waals surface area contributed by atoms with Crippen LogP contribution in [0.15, 0.2) is 18.2 Å². The molecule has 0 bridgehead atoms. The van der Waals surface area contributed by atoms with E-state index in [1.165, 1.54) is 7.11 Å². The largest absolute Gasteiger partial charge is 0.497 e. The van der Waals surface area contributed by atoms with Gasteiger partial charge in [0, 0.05) is 17.2 Å². The molecule has 0 saturated carbocycles. The summed E-state index contributed by atoms with van der Waals surface area (Å²) in [5.74, 6) is 0.411. The van der Waals surface area contributed by atoms with E-state index in [2.05, 4.69) is 17.5 Å². The second kappa shape index (κ2) is 4.41. The van der Waals surface area contributed by atoms with Crippen LogP contribution in [0.25, 0.3) is 0 Å². The smallest absolute Gasteiger partial charge is 0.492 e. The minimum absolute atomic E-state index is 0.329. The number of benzene rings is 1. The Kier molecular flexibility index (Phi) is 3.47. The van der Waals surface area contributed by atoms with Gasteiger partial charge in [0.2, 0.25) is 0 Å². The Labute approximate surface area is 82.2 Å². The molecule has 70 valence electrons. The fourth-order valence-electron chi connectivity index (χ4n) is 0.994. The molecule has 0 spiro atoms. The quantitative estimate of drug-likeness (QED) is 0.396. The molecule has 1 aromatic rings. The fraction of sp³-hybridized carbons (Fsp3) is 0.143. The summed E-state index contributed by atoms with van der Waals surface area (Å²) in [6.07, 6.45) is 0. The lowest BCUT2D eigenvalue weighted by molar-refractivity contribution is 0.403. The van der Waals surface area contributed by atoms with Gasteiger partial charge >= 0.3 is 7.12 Å². The van der Waals surface area contributed by atoms with E-state index in [1.54, 1.807) is 18.2 Å². The van der Waals surface area contributed by atoms with Gasteiger partial charge in [-0.3, -0.25) is 0 Å². The van der Waals surface area contributed by atoms with Crippen molar-refractivity contribution in [2.24, 2.45) is 0 Å². The Morgan fingerprint density at radius 3 is 2.62 bits per heavy atom. The molecular formula is C7H10BNO3S. The molecule has 0 atom stereocenters. The summed E-state index contributed by atoms with van der Waals surface area (Å²) < 4.78 is 7.57. The second-order valence-corrected chi connectivity index (χ2v) is 2.67. The number of rotatable bonds is 3. The summed E-state index contributed by atoms with van der Waals surface area (Å²) in [6.45, 7) is 0. The molecule has 0 aliphatic heterocycles. The lowest BCUT2D eigenvalue weighted by Crippen LogP contribution is -2.31. The average molecular weight is 199 g/mol. The number of ether oxygens (including phenoxy) is 1. The van der Waals surface area contributed by atoms with Crippen LogP contribution in [-0.4, -0.2) is 24.3 Å². The Hall–Kier alpha value is -0.845. The molecule has 0 fully saturated rings. The highest BCUT2D eigenvalue weighted by Gasteiger charge is 2.16. The summed E-state index contributed by atoms with van der Waals surface area (Å²) in [6, 6.07) is 4.86. The van der Waals surface area contributed by atoms with Gasteiger partial charge < -0.3 is 19.5 Å². The van der Waals surface area contributed by atoms with Crippen LogP contribution in [-0.2, 0) is 0 Å². The van der Waals surface area contributed by atoms with Crippen molar-refractivity contribution in [1.29, 1.82) is 0 Å². The van der Waals surface area contributed by atoms with E-state index in [0.717, 1.165) is 5.69 Å². The molecule has 4 nitrogen and oxygen atoms in total. The maximum absolute atomic E-state index is 8.94. The number of methoxy groups -OCH3 is 1. The van der Waals surface area contributed by atoms with Crippen LogP contribution in [0.5, 0.6) is 5.75 Å². The van der Waals surface area contributed by atoms with Crippen molar-refractivity contribution >= 4 is 31.1 Å². The number of hydrogen-bond donors (Lipinski definition) is 4. The van der Waals surface area contributed by atoms with Gasteiger partial charge in [0.05, 0.1) is 7.11 Å². The van der Waals surface area contributed by atoms with Gasteiger partial charge in [-0.05, 0) is 6.07 Å². The van der Waals surface area contributed by atoms with Crippen LogP contribution in [0.4, 0.5) is 5.69 Å². The van der Waals surface area contributed by atoms with Crippen molar-refractivity contribution < 1.29 is 14.8 Å². The zero-order valence-corrected chi connectivity index (χ0v) is 7.95. The normalized spacial score (nSPS) is 9.54. The highest BCUT2D eigenvalue weighted by atomic mass is 32.1. The zero-order valence-electron chi connectivity index (χ0n) is 7.06. The predicted octanol–water partition coefficient (Wildman–Crippen LogP) is -0.368. The molecule has 0 aliphatic rings. The van der Waals surface area contributed by atoms with E-state index >= 15 is 0 Å². The van der Waals surface area contributed by atoms with Crippen LogP contribution in [0, 0.1) is 0 Å². The lowest BCUT2D eigenvalue weighted by atomic mass is 9.79. The van der Waals surface area contributed by atoms with Crippen LogP contribution >= 0.6 is 12.8 Å². The van der Waals surface area contributed by atoms with Crippen LogP contribution in [0.3, 0.4) is 0 Å². The first-order valence-electron chi connectivity index (χ1n) is 3.63. The van der Waals surface area contributed by atoms with Gasteiger partial charge in [0.1, 0.15) is 5.75 Å². The molecule has 0 amide bonds. The average Bonchev–Trinajstić information content (AvgIpc) is 2.16. The lowest BCUT2D eigenvalue weighted by Gasteiger charge is -2.09. The molecule has 0 aliphatic carbocycles. The second-order valence-electron chi connectivity index (χ2n) is 2.44. The fourth-order valence-corrected chi connectivity index (χ4v) is 1.13.